The third kappa shape index (κ3) is 1.62. The van der Waals surface area contributed by atoms with E-state index in [9.17, 15) is 4.79 Å². The summed E-state index contributed by atoms with van der Waals surface area (Å²) in [6, 6.07) is 0. The molecule has 62 valence electrons. The molecule has 2 nitrogen and oxygen atoms in total. The van der Waals surface area contributed by atoms with Crippen molar-refractivity contribution < 1.29 is 4.79 Å². The van der Waals surface area contributed by atoms with Crippen LogP contribution in [0.3, 0.4) is 0 Å². The van der Waals surface area contributed by atoms with Crippen molar-refractivity contribution in [3.8, 4) is 0 Å². The number of likely N-dealkylation sites (tertiary alicyclic amines) is 1. The van der Waals surface area contributed by atoms with Gasteiger partial charge < -0.3 is 4.90 Å². The van der Waals surface area contributed by atoms with Gasteiger partial charge in [-0.05, 0) is 19.3 Å². The van der Waals surface area contributed by atoms with Gasteiger partial charge in [-0.15, -0.1) is 0 Å². The van der Waals surface area contributed by atoms with Crippen molar-refractivity contribution in [1.29, 1.82) is 0 Å². The van der Waals surface area contributed by atoms with Crippen molar-refractivity contribution in [3.63, 3.8) is 0 Å². The summed E-state index contributed by atoms with van der Waals surface area (Å²) in [5, 5.41) is 0. The molecule has 11 heavy (non-hydrogen) atoms. The molecular formula is C9H15NO. The Morgan fingerprint density at radius 3 is 2.55 bits per heavy atom. The minimum Gasteiger partial charge on any atom is -0.338 e. The Balaban J connectivity index is 2.32. The van der Waals surface area contributed by atoms with Crippen LogP contribution in [-0.2, 0) is 4.79 Å². The molecule has 0 aliphatic carbocycles. The lowest BCUT2D eigenvalue weighted by Crippen LogP contribution is -2.49. The van der Waals surface area contributed by atoms with Gasteiger partial charge in [0, 0.05) is 18.7 Å². The van der Waals surface area contributed by atoms with E-state index in [4.69, 9.17) is 0 Å². The molecule has 1 rings (SSSR count). The number of hydrogen-bond acceptors (Lipinski definition) is 1. The summed E-state index contributed by atoms with van der Waals surface area (Å²) in [6.45, 7) is 9.41. The van der Waals surface area contributed by atoms with Crippen molar-refractivity contribution >= 4 is 5.91 Å². The van der Waals surface area contributed by atoms with Crippen molar-refractivity contribution in [2.45, 2.75) is 20.3 Å². The molecule has 0 saturated carbocycles. The topological polar surface area (TPSA) is 20.3 Å². The van der Waals surface area contributed by atoms with Gasteiger partial charge in [-0.2, -0.15) is 0 Å². The van der Waals surface area contributed by atoms with Gasteiger partial charge in [-0.1, -0.05) is 13.5 Å². The molecule has 0 aromatic rings. The van der Waals surface area contributed by atoms with E-state index in [1.165, 1.54) is 6.42 Å². The molecule has 0 bridgehead atoms. The van der Waals surface area contributed by atoms with Crippen LogP contribution in [0.15, 0.2) is 12.2 Å². The van der Waals surface area contributed by atoms with E-state index in [0.29, 0.717) is 5.57 Å². The number of carbonyl (C=O) groups excluding carboxylic acids is 1. The van der Waals surface area contributed by atoms with Crippen LogP contribution in [0, 0.1) is 5.92 Å². The van der Waals surface area contributed by atoms with E-state index >= 15 is 0 Å². The molecule has 2 heteroatoms. The molecular weight excluding hydrogens is 138 g/mol. The standard InChI is InChI=1S/C9H15NO/c1-4-8-5-10(6-8)9(11)7(2)3/h8H,2,4-6H2,1,3H3. The second-order valence-corrected chi connectivity index (χ2v) is 3.26. The Hall–Kier alpha value is -0.790. The molecule has 1 fully saturated rings. The van der Waals surface area contributed by atoms with Gasteiger partial charge in [0.05, 0.1) is 0 Å². The minimum absolute atomic E-state index is 0.120. The predicted molar refractivity (Wildman–Crippen MR) is 45.2 cm³/mol. The fourth-order valence-electron chi connectivity index (χ4n) is 1.26. The van der Waals surface area contributed by atoms with Gasteiger partial charge in [0.1, 0.15) is 0 Å². The first-order chi connectivity index (χ1) is 5.15. The third-order valence-electron chi connectivity index (χ3n) is 2.19. The first-order valence-corrected chi connectivity index (χ1v) is 4.10. The second kappa shape index (κ2) is 3.07. The van der Waals surface area contributed by atoms with E-state index in [0.717, 1.165) is 19.0 Å². The van der Waals surface area contributed by atoms with E-state index in [-0.39, 0.29) is 5.91 Å². The summed E-state index contributed by atoms with van der Waals surface area (Å²) >= 11 is 0. The van der Waals surface area contributed by atoms with Crippen molar-refractivity contribution in [3.05, 3.63) is 12.2 Å². The molecule has 1 amide bonds. The fourth-order valence-corrected chi connectivity index (χ4v) is 1.26. The maximum absolute atomic E-state index is 11.2. The van der Waals surface area contributed by atoms with Crippen LogP contribution in [0.5, 0.6) is 0 Å². The van der Waals surface area contributed by atoms with E-state index in [2.05, 4.69) is 13.5 Å². The Bertz CT molecular complexity index is 180. The van der Waals surface area contributed by atoms with Gasteiger partial charge in [-0.25, -0.2) is 0 Å². The Labute approximate surface area is 67.9 Å². The molecule has 0 aromatic carbocycles. The summed E-state index contributed by atoms with van der Waals surface area (Å²) in [6.07, 6.45) is 1.18. The van der Waals surface area contributed by atoms with Gasteiger partial charge >= 0.3 is 0 Å². The van der Waals surface area contributed by atoms with E-state index in [1.54, 1.807) is 6.92 Å². The fraction of sp³-hybridized carbons (Fsp3) is 0.667. The minimum atomic E-state index is 0.120. The lowest BCUT2D eigenvalue weighted by molar-refractivity contribution is -0.133. The molecule has 0 aromatic heterocycles. The SMILES string of the molecule is C=C(C)C(=O)N1CC(CC)C1. The summed E-state index contributed by atoms with van der Waals surface area (Å²) in [5.41, 5.74) is 0.652. The maximum Gasteiger partial charge on any atom is 0.248 e. The van der Waals surface area contributed by atoms with E-state index < -0.39 is 0 Å². The van der Waals surface area contributed by atoms with Crippen LogP contribution < -0.4 is 0 Å². The number of hydrogen-bond donors (Lipinski definition) is 0. The smallest absolute Gasteiger partial charge is 0.248 e. The summed E-state index contributed by atoms with van der Waals surface area (Å²) in [4.78, 5) is 13.1. The highest BCUT2D eigenvalue weighted by Gasteiger charge is 2.28. The lowest BCUT2D eigenvalue weighted by atomic mass is 9.97. The summed E-state index contributed by atoms with van der Waals surface area (Å²) in [5.74, 6) is 0.855. The molecule has 0 unspecified atom stereocenters. The molecule has 0 atom stereocenters. The van der Waals surface area contributed by atoms with E-state index in [1.807, 2.05) is 4.90 Å². The molecule has 0 radical (unpaired) electrons. The Morgan fingerprint density at radius 1 is 1.64 bits per heavy atom. The van der Waals surface area contributed by atoms with Crippen molar-refractivity contribution in [1.82, 2.24) is 4.90 Å². The summed E-state index contributed by atoms with van der Waals surface area (Å²) < 4.78 is 0. The first kappa shape index (κ1) is 8.31. The molecule has 1 saturated heterocycles. The van der Waals surface area contributed by atoms with Crippen LogP contribution in [0.1, 0.15) is 20.3 Å². The molecule has 1 aliphatic rings. The van der Waals surface area contributed by atoms with Crippen LogP contribution >= 0.6 is 0 Å². The number of carbonyl (C=O) groups is 1. The third-order valence-corrected chi connectivity index (χ3v) is 2.19. The number of rotatable bonds is 2. The van der Waals surface area contributed by atoms with Crippen molar-refractivity contribution in [2.24, 2.45) is 5.92 Å². The zero-order valence-electron chi connectivity index (χ0n) is 7.26. The van der Waals surface area contributed by atoms with Gasteiger partial charge in [0.25, 0.3) is 0 Å². The highest BCUT2D eigenvalue weighted by Crippen LogP contribution is 2.19. The van der Waals surface area contributed by atoms with Gasteiger partial charge in [0.2, 0.25) is 5.91 Å². The van der Waals surface area contributed by atoms with Crippen LogP contribution in [0.25, 0.3) is 0 Å². The Kier molecular flexibility index (Phi) is 2.32. The normalized spacial score (nSPS) is 17.8. The second-order valence-electron chi connectivity index (χ2n) is 3.26. The zero-order valence-corrected chi connectivity index (χ0v) is 7.26. The number of nitrogens with zero attached hydrogens (tertiary/aromatic N) is 1. The number of amides is 1. The quantitative estimate of drug-likeness (QED) is 0.549. The highest BCUT2D eigenvalue weighted by atomic mass is 16.2. The van der Waals surface area contributed by atoms with Crippen LogP contribution in [0.4, 0.5) is 0 Å². The maximum atomic E-state index is 11.2. The lowest BCUT2D eigenvalue weighted by Gasteiger charge is -2.38. The van der Waals surface area contributed by atoms with Crippen molar-refractivity contribution in [2.75, 3.05) is 13.1 Å². The zero-order chi connectivity index (χ0) is 8.43. The first-order valence-electron chi connectivity index (χ1n) is 4.10. The molecule has 0 N–H and O–H groups in total. The Morgan fingerprint density at radius 2 is 2.18 bits per heavy atom. The van der Waals surface area contributed by atoms with Crippen LogP contribution in [0.2, 0.25) is 0 Å². The summed E-state index contributed by atoms with van der Waals surface area (Å²) in [7, 11) is 0. The highest BCUT2D eigenvalue weighted by molar-refractivity contribution is 5.92. The molecule has 0 spiro atoms. The van der Waals surface area contributed by atoms with Gasteiger partial charge in [0.15, 0.2) is 0 Å². The molecule has 1 aliphatic heterocycles. The van der Waals surface area contributed by atoms with Gasteiger partial charge in [-0.3, -0.25) is 4.79 Å². The average molecular weight is 153 g/mol. The largest absolute Gasteiger partial charge is 0.338 e. The van der Waals surface area contributed by atoms with Crippen LogP contribution in [-0.4, -0.2) is 23.9 Å². The molecule has 1 heterocycles. The average Bonchev–Trinajstić information content (AvgIpc) is 1.85. The monoisotopic (exact) mass is 153 g/mol. The predicted octanol–water partition coefficient (Wildman–Crippen LogP) is 1.43.